The lowest BCUT2D eigenvalue weighted by atomic mass is 9.67. The Hall–Kier alpha value is -0.860. The molecule has 0 radical (unpaired) electrons. The molecule has 3 N–H and O–H groups in total. The van der Waals surface area contributed by atoms with Crippen LogP contribution in [0.5, 0.6) is 0 Å². The van der Waals surface area contributed by atoms with Gasteiger partial charge in [-0.25, -0.2) is 0 Å². The highest BCUT2D eigenvalue weighted by atomic mass is 15.2. The number of hydrogen-bond donors (Lipinski definition) is 2. The molecule has 1 aromatic carbocycles. The lowest BCUT2D eigenvalue weighted by Gasteiger charge is -2.42. The van der Waals surface area contributed by atoms with Gasteiger partial charge in [-0.3, -0.25) is 11.3 Å². The summed E-state index contributed by atoms with van der Waals surface area (Å²) < 4.78 is 0. The summed E-state index contributed by atoms with van der Waals surface area (Å²) in [6.07, 6.45) is 6.63. The largest absolute Gasteiger partial charge is 0.271 e. The van der Waals surface area contributed by atoms with Gasteiger partial charge in [0.1, 0.15) is 0 Å². The van der Waals surface area contributed by atoms with Crippen LogP contribution in [-0.2, 0) is 6.42 Å². The summed E-state index contributed by atoms with van der Waals surface area (Å²) in [6.45, 7) is 2.37. The monoisotopic (exact) mass is 244 g/mol. The van der Waals surface area contributed by atoms with Gasteiger partial charge in [0.05, 0.1) is 0 Å². The molecule has 2 nitrogen and oxygen atoms in total. The van der Waals surface area contributed by atoms with Gasteiger partial charge < -0.3 is 0 Å². The molecule has 2 atom stereocenters. The Balaban J connectivity index is 1.71. The Bertz CT molecular complexity index is 407. The third kappa shape index (κ3) is 2.08. The fourth-order valence-corrected chi connectivity index (χ4v) is 3.84. The van der Waals surface area contributed by atoms with Crippen molar-refractivity contribution in [3.05, 3.63) is 35.4 Å². The summed E-state index contributed by atoms with van der Waals surface area (Å²) in [5.74, 6) is 8.18. The first-order chi connectivity index (χ1) is 8.79. The van der Waals surface area contributed by atoms with E-state index in [1.54, 1.807) is 0 Å². The number of rotatable bonds is 3. The molecule has 2 unspecified atom stereocenters. The molecule has 0 aromatic heterocycles. The summed E-state index contributed by atoms with van der Waals surface area (Å²) in [4.78, 5) is 0. The van der Waals surface area contributed by atoms with Gasteiger partial charge in [-0.2, -0.15) is 0 Å². The third-order valence-electron chi connectivity index (χ3n) is 5.09. The van der Waals surface area contributed by atoms with Crippen LogP contribution in [0, 0.1) is 11.8 Å². The maximum atomic E-state index is 5.86. The average molecular weight is 244 g/mol. The van der Waals surface area contributed by atoms with E-state index in [9.17, 15) is 0 Å². The lowest BCUT2D eigenvalue weighted by Crippen LogP contribution is -2.49. The fourth-order valence-electron chi connectivity index (χ4n) is 3.84. The molecule has 98 valence electrons. The standard InChI is InChI=1S/C16H24N2/c1-11-6-8-12(9-7-11)16(18-17)15-10-13-4-2-3-5-14(13)15/h2-5,11-12,15-16,18H,6-10,17H2,1H3. The molecule has 1 aromatic rings. The Morgan fingerprint density at radius 3 is 2.56 bits per heavy atom. The van der Waals surface area contributed by atoms with Gasteiger partial charge in [-0.1, -0.05) is 44.0 Å². The highest BCUT2D eigenvalue weighted by Gasteiger charge is 2.37. The Labute approximate surface area is 110 Å². The second-order valence-electron chi connectivity index (χ2n) is 6.22. The Morgan fingerprint density at radius 1 is 1.17 bits per heavy atom. The van der Waals surface area contributed by atoms with Crippen molar-refractivity contribution in [3.63, 3.8) is 0 Å². The van der Waals surface area contributed by atoms with Crippen LogP contribution in [0.2, 0.25) is 0 Å². The number of fused-ring (bicyclic) bond motifs is 1. The average Bonchev–Trinajstić information content (AvgIpc) is 2.37. The highest BCUT2D eigenvalue weighted by Crippen LogP contribution is 2.42. The van der Waals surface area contributed by atoms with Crippen LogP contribution in [0.25, 0.3) is 0 Å². The maximum Gasteiger partial charge on any atom is 0.0310 e. The van der Waals surface area contributed by atoms with Crippen molar-refractivity contribution < 1.29 is 0 Å². The molecule has 0 aliphatic heterocycles. The quantitative estimate of drug-likeness (QED) is 0.633. The molecule has 2 heteroatoms. The van der Waals surface area contributed by atoms with Crippen molar-refractivity contribution in [2.45, 2.75) is 51.0 Å². The van der Waals surface area contributed by atoms with Crippen molar-refractivity contribution in [2.75, 3.05) is 0 Å². The van der Waals surface area contributed by atoms with E-state index in [1.165, 1.54) is 43.2 Å². The number of hydrogen-bond acceptors (Lipinski definition) is 2. The predicted molar refractivity (Wildman–Crippen MR) is 75.1 cm³/mol. The zero-order valence-electron chi connectivity index (χ0n) is 11.2. The van der Waals surface area contributed by atoms with Crippen LogP contribution >= 0.6 is 0 Å². The first-order valence-electron chi connectivity index (χ1n) is 7.33. The van der Waals surface area contributed by atoms with Crippen molar-refractivity contribution in [1.29, 1.82) is 0 Å². The summed E-state index contributed by atoms with van der Waals surface area (Å²) >= 11 is 0. The van der Waals surface area contributed by atoms with Gasteiger partial charge in [0.15, 0.2) is 0 Å². The predicted octanol–water partition coefficient (Wildman–Crippen LogP) is 2.98. The molecule has 0 amide bonds. The molecule has 0 bridgehead atoms. The van der Waals surface area contributed by atoms with Gasteiger partial charge >= 0.3 is 0 Å². The fraction of sp³-hybridized carbons (Fsp3) is 0.625. The second-order valence-corrected chi connectivity index (χ2v) is 6.22. The molecule has 1 saturated carbocycles. The van der Waals surface area contributed by atoms with Gasteiger partial charge in [-0.15, -0.1) is 0 Å². The molecule has 0 spiro atoms. The Kier molecular flexibility index (Phi) is 3.40. The van der Waals surface area contributed by atoms with Crippen LogP contribution in [-0.4, -0.2) is 6.04 Å². The molecule has 0 saturated heterocycles. The number of nitrogens with one attached hydrogen (secondary N) is 1. The minimum absolute atomic E-state index is 0.479. The summed E-state index contributed by atoms with van der Waals surface area (Å²) in [6, 6.07) is 9.30. The van der Waals surface area contributed by atoms with Crippen LogP contribution in [0.15, 0.2) is 24.3 Å². The minimum Gasteiger partial charge on any atom is -0.271 e. The van der Waals surface area contributed by atoms with E-state index in [0.29, 0.717) is 12.0 Å². The first-order valence-corrected chi connectivity index (χ1v) is 7.33. The van der Waals surface area contributed by atoms with Gasteiger partial charge in [-0.05, 0) is 42.2 Å². The molecule has 2 aliphatic carbocycles. The minimum atomic E-state index is 0.479. The number of hydrazine groups is 1. The van der Waals surface area contributed by atoms with E-state index in [0.717, 1.165) is 11.8 Å². The molecular formula is C16H24N2. The molecule has 2 aliphatic rings. The maximum absolute atomic E-state index is 5.86. The highest BCUT2D eigenvalue weighted by molar-refractivity contribution is 5.41. The van der Waals surface area contributed by atoms with Crippen molar-refractivity contribution in [1.82, 2.24) is 5.43 Å². The lowest BCUT2D eigenvalue weighted by molar-refractivity contribution is 0.201. The van der Waals surface area contributed by atoms with E-state index in [1.807, 2.05) is 0 Å². The topological polar surface area (TPSA) is 38.0 Å². The van der Waals surface area contributed by atoms with Crippen LogP contribution < -0.4 is 11.3 Å². The summed E-state index contributed by atoms with van der Waals surface area (Å²) in [5, 5.41) is 0. The third-order valence-corrected chi connectivity index (χ3v) is 5.09. The zero-order valence-corrected chi connectivity index (χ0v) is 11.2. The molecule has 3 rings (SSSR count). The van der Waals surface area contributed by atoms with Crippen LogP contribution in [0.4, 0.5) is 0 Å². The van der Waals surface area contributed by atoms with Gasteiger partial charge in [0.2, 0.25) is 0 Å². The second kappa shape index (κ2) is 5.02. The van der Waals surface area contributed by atoms with E-state index in [4.69, 9.17) is 5.84 Å². The van der Waals surface area contributed by atoms with E-state index < -0.39 is 0 Å². The van der Waals surface area contributed by atoms with Crippen molar-refractivity contribution in [2.24, 2.45) is 17.7 Å². The molecular weight excluding hydrogens is 220 g/mol. The normalized spacial score (nSPS) is 32.4. The summed E-state index contributed by atoms with van der Waals surface area (Å²) in [5.41, 5.74) is 6.18. The van der Waals surface area contributed by atoms with E-state index in [-0.39, 0.29) is 0 Å². The van der Waals surface area contributed by atoms with E-state index >= 15 is 0 Å². The first kappa shape index (κ1) is 12.2. The molecule has 1 fully saturated rings. The van der Waals surface area contributed by atoms with Gasteiger partial charge in [0.25, 0.3) is 0 Å². The number of benzene rings is 1. The number of nitrogens with two attached hydrogens (primary N) is 1. The SMILES string of the molecule is CC1CCC(C(NN)C2Cc3ccccc32)CC1. The molecule has 18 heavy (non-hydrogen) atoms. The van der Waals surface area contributed by atoms with Crippen molar-refractivity contribution in [3.8, 4) is 0 Å². The van der Waals surface area contributed by atoms with Crippen molar-refractivity contribution >= 4 is 0 Å². The van der Waals surface area contributed by atoms with Crippen LogP contribution in [0.1, 0.15) is 49.7 Å². The Morgan fingerprint density at radius 2 is 1.89 bits per heavy atom. The zero-order chi connectivity index (χ0) is 12.5. The van der Waals surface area contributed by atoms with E-state index in [2.05, 4.69) is 36.6 Å². The summed E-state index contributed by atoms with van der Waals surface area (Å²) in [7, 11) is 0. The molecule has 0 heterocycles. The van der Waals surface area contributed by atoms with Gasteiger partial charge in [0, 0.05) is 12.0 Å². The van der Waals surface area contributed by atoms with Crippen LogP contribution in [0.3, 0.4) is 0 Å². The smallest absolute Gasteiger partial charge is 0.0310 e.